The molecule has 2 unspecified atom stereocenters. The number of allylic oxidation sites excluding steroid dienone is 2. The first-order valence-corrected chi connectivity index (χ1v) is 34.2. The second kappa shape index (κ2) is 28.0. The minimum atomic E-state index is -0.767. The van der Waals surface area contributed by atoms with E-state index in [4.69, 9.17) is 44.1 Å². The molecule has 2 atom stereocenters. The predicted molar refractivity (Wildman–Crippen MR) is 382 cm³/mol. The summed E-state index contributed by atoms with van der Waals surface area (Å²) in [5.74, 6) is -0.308. The van der Waals surface area contributed by atoms with Gasteiger partial charge < -0.3 is 62.2 Å². The number of hydrogen-bond acceptors (Lipinski definition) is 16. The molecule has 15 rings (SSSR count). The van der Waals surface area contributed by atoms with Gasteiger partial charge in [0.1, 0.15) is 52.9 Å². The number of pyridine rings is 6. The summed E-state index contributed by atoms with van der Waals surface area (Å²) < 4.78 is 28.8. The number of H-pyrrole nitrogens is 1. The molecule has 0 radical (unpaired) electrons. The molecule has 0 aliphatic carbocycles. The van der Waals surface area contributed by atoms with Crippen LogP contribution in [0.2, 0.25) is 0 Å². The van der Waals surface area contributed by atoms with Gasteiger partial charge >= 0.3 is 5.97 Å². The number of unbranched alkanes of at least 4 members (excludes halogenated alkanes) is 2. The Morgan fingerprint density at radius 2 is 1.12 bits per heavy atom. The van der Waals surface area contributed by atoms with Crippen molar-refractivity contribution in [3.63, 3.8) is 0 Å². The van der Waals surface area contributed by atoms with Gasteiger partial charge in [-0.3, -0.25) is 14.6 Å². The summed E-state index contributed by atoms with van der Waals surface area (Å²) in [6, 6.07) is 25.1. The van der Waals surface area contributed by atoms with Gasteiger partial charge in [0.25, 0.3) is 0 Å². The van der Waals surface area contributed by atoms with Crippen LogP contribution in [0.4, 0.5) is 11.4 Å². The topological polar surface area (TPSA) is 233 Å². The van der Waals surface area contributed by atoms with Crippen LogP contribution >= 0.6 is 0 Å². The molecule has 0 bridgehead atoms. The molecule has 3 aliphatic heterocycles. The minimum absolute atomic E-state index is 0.0357. The number of fused-ring (bicyclic) bond motifs is 7. The van der Waals surface area contributed by atoms with Gasteiger partial charge in [0.2, 0.25) is 6.17 Å². The van der Waals surface area contributed by atoms with Crippen LogP contribution in [-0.4, -0.2) is 188 Å². The predicted octanol–water partition coefficient (Wildman–Crippen LogP) is 9.90. The first-order chi connectivity index (χ1) is 48.2. The molecule has 0 spiro atoms. The Balaban J connectivity index is 1.14. The Morgan fingerprint density at radius 3 is 1.76 bits per heavy atom. The largest absolute Gasteiger partial charge is 0.466 e. The molecule has 4 N–H and O–H groups in total. The van der Waals surface area contributed by atoms with E-state index >= 15 is 0 Å². The summed E-state index contributed by atoms with van der Waals surface area (Å²) in [4.78, 5) is 54.0. The highest BCUT2D eigenvalue weighted by Gasteiger charge is 2.59. The second-order valence-corrected chi connectivity index (χ2v) is 25.9. The second-order valence-electron chi connectivity index (χ2n) is 25.9. The third-order valence-electron chi connectivity index (χ3n) is 19.6. The van der Waals surface area contributed by atoms with E-state index in [1.54, 1.807) is 0 Å². The van der Waals surface area contributed by atoms with Crippen LogP contribution in [0.15, 0.2) is 159 Å². The lowest BCUT2D eigenvalue weighted by molar-refractivity contribution is -0.141. The lowest BCUT2D eigenvalue weighted by atomic mass is 9.81. The van der Waals surface area contributed by atoms with Crippen LogP contribution in [0.5, 0.6) is 0 Å². The maximum atomic E-state index is 12.6. The molecule has 23 heteroatoms. The van der Waals surface area contributed by atoms with Crippen molar-refractivity contribution < 1.29 is 34.3 Å². The van der Waals surface area contributed by atoms with Gasteiger partial charge in [-0.25, -0.2) is 34.4 Å². The number of rotatable bonds is 28. The number of morpholine rings is 1. The number of aromatic amines is 1. The van der Waals surface area contributed by atoms with E-state index in [1.807, 2.05) is 78.1 Å². The maximum Gasteiger partial charge on any atom is 0.302 e. The lowest BCUT2D eigenvalue weighted by Crippen LogP contribution is -2.62. The number of aliphatic hydroxyl groups excluding tert-OH is 3. The summed E-state index contributed by atoms with van der Waals surface area (Å²) >= 11 is 0. The molecule has 98 heavy (non-hydrogen) atoms. The molecular weight excluding hydrogens is 1240 g/mol. The molecule has 12 aromatic rings. The SMILES string of the molecule is CC(=O)OCCCCn1cc(C2=CC3=C(c4cn(CCN5CCOCC5)c5ncccc45)C(c4cn(CCCN(C)C)c5ncccc45)=C(c4cn(COCCO)c5ncccc45)N(c4cn(CCCCO)c5ncccc45)C3[N+]2(CCO)c2c[nH]c3ncccc23)c2cccnc21. The van der Waals surface area contributed by atoms with E-state index in [0.29, 0.717) is 83.0 Å². The molecule has 1 fully saturated rings. The van der Waals surface area contributed by atoms with E-state index in [-0.39, 0.29) is 50.2 Å². The zero-order valence-electron chi connectivity index (χ0n) is 55.8. The molecule has 0 amide bonds. The van der Waals surface area contributed by atoms with Crippen molar-refractivity contribution in [2.75, 3.05) is 98.0 Å². The number of carbonyl (C=O) groups is 1. The molecule has 15 heterocycles. The molecule has 0 aromatic carbocycles. The lowest BCUT2D eigenvalue weighted by Gasteiger charge is -2.49. The molecule has 12 aromatic heterocycles. The number of nitrogens with one attached hydrogen (secondary N) is 1. The Hall–Kier alpha value is -9.69. The van der Waals surface area contributed by atoms with Gasteiger partial charge in [0.05, 0.1) is 68.2 Å². The fourth-order valence-corrected chi connectivity index (χ4v) is 15.4. The summed E-state index contributed by atoms with van der Waals surface area (Å²) in [5.41, 5.74) is 14.7. The number of nitrogens with zero attached hydrogens (tertiary/aromatic N) is 15. The van der Waals surface area contributed by atoms with Crippen molar-refractivity contribution in [3.05, 3.63) is 181 Å². The van der Waals surface area contributed by atoms with E-state index in [0.717, 1.165) is 149 Å². The van der Waals surface area contributed by atoms with Crippen LogP contribution in [0.25, 0.3) is 88.7 Å². The fourth-order valence-electron chi connectivity index (χ4n) is 15.4. The van der Waals surface area contributed by atoms with Crippen molar-refractivity contribution in [2.24, 2.45) is 0 Å². The standard InChI is InChI=1S/C75H83N16O7/c1-51(95)98-39-7-5-29-85-45-59(52-15-8-22-77-70(52)85)64-43-58-66(60-46-88(72-53(60)16-9-24-79-72)32-31-84-33-40-96-41-34-84)67(61-47-86(30-14-27-83(2)3)71-54(61)17-10-23-78-71)68(62-48-89(50-97-42-38-94)73-55(62)18-11-25-80-73)90(63-49-87(28-4-6-36-92)74-56(63)19-12-26-81-74)75(58)91(64,35-37-93)65-44-82-69-57(65)20-13-21-76-69/h8-13,15-26,43-49,75,92-94H,4-7,14,27-42,50H2,1-3H3,(H,76,82)/q+1. The highest BCUT2D eigenvalue weighted by atomic mass is 16.5. The van der Waals surface area contributed by atoms with Gasteiger partial charge in [-0.05, 0) is 126 Å². The highest BCUT2D eigenvalue weighted by molar-refractivity contribution is 6.28. The normalized spacial score (nSPS) is 17.0. The van der Waals surface area contributed by atoms with E-state index in [1.165, 1.54) is 6.92 Å². The first kappa shape index (κ1) is 64.3. The highest BCUT2D eigenvalue weighted by Crippen LogP contribution is 2.61. The number of ether oxygens (including phenoxy) is 3. The maximum absolute atomic E-state index is 12.6. The number of anilines is 1. The number of carbonyl (C=O) groups excluding carboxylic acids is 1. The summed E-state index contributed by atoms with van der Waals surface area (Å²) in [6.07, 6.45) is 29.7. The minimum Gasteiger partial charge on any atom is -0.466 e. The van der Waals surface area contributed by atoms with Crippen molar-refractivity contribution in [3.8, 4) is 0 Å². The Kier molecular flexibility index (Phi) is 18.4. The fraction of sp³-hybridized carbons (Fsp3) is 0.347. The number of esters is 1. The van der Waals surface area contributed by atoms with Crippen molar-refractivity contribution in [1.29, 1.82) is 0 Å². The Bertz CT molecular complexity index is 5000. The summed E-state index contributed by atoms with van der Waals surface area (Å²) in [7, 11) is 4.22. The van der Waals surface area contributed by atoms with E-state index in [9.17, 15) is 20.1 Å². The van der Waals surface area contributed by atoms with Crippen molar-refractivity contribution >= 4 is 106 Å². The third kappa shape index (κ3) is 11.6. The monoisotopic (exact) mass is 1320 g/mol. The molecule has 23 nitrogen and oxygen atoms in total. The zero-order valence-corrected chi connectivity index (χ0v) is 55.8. The Labute approximate surface area is 567 Å². The van der Waals surface area contributed by atoms with Crippen LogP contribution in [0.1, 0.15) is 61.3 Å². The van der Waals surface area contributed by atoms with Crippen molar-refractivity contribution in [2.45, 2.75) is 78.1 Å². The number of quaternary nitrogens is 1. The average molecular weight is 1320 g/mol. The van der Waals surface area contributed by atoms with Crippen LogP contribution in [0.3, 0.4) is 0 Å². The van der Waals surface area contributed by atoms with Gasteiger partial charge in [0, 0.05) is 194 Å². The van der Waals surface area contributed by atoms with Crippen molar-refractivity contribution in [1.82, 2.24) is 72.0 Å². The summed E-state index contributed by atoms with van der Waals surface area (Å²) in [6.45, 7) is 8.93. The Morgan fingerprint density at radius 1 is 0.582 bits per heavy atom. The van der Waals surface area contributed by atoms with Crippen LogP contribution in [-0.2, 0) is 51.9 Å². The average Bonchev–Trinajstić information content (AvgIpc) is 1.49. The van der Waals surface area contributed by atoms with Gasteiger partial charge in [0.15, 0.2) is 5.69 Å². The van der Waals surface area contributed by atoms with Gasteiger partial charge in [-0.1, -0.05) is 0 Å². The molecule has 0 saturated carbocycles. The van der Waals surface area contributed by atoms with Gasteiger partial charge in [-0.2, -0.15) is 0 Å². The first-order valence-electron chi connectivity index (χ1n) is 34.2. The van der Waals surface area contributed by atoms with E-state index in [2.05, 4.69) is 132 Å². The number of aromatic nitrogens is 12. The molecule has 3 aliphatic rings. The van der Waals surface area contributed by atoms with Gasteiger partial charge in [-0.15, -0.1) is 0 Å². The third-order valence-corrected chi connectivity index (χ3v) is 19.6. The summed E-state index contributed by atoms with van der Waals surface area (Å²) in [5, 5.41) is 38.6. The molecule has 1 saturated heterocycles. The van der Waals surface area contributed by atoms with E-state index < -0.39 is 6.17 Å². The quantitative estimate of drug-likeness (QED) is 0.0203. The zero-order chi connectivity index (χ0) is 66.9. The van der Waals surface area contributed by atoms with Crippen LogP contribution < -0.4 is 9.38 Å². The number of aliphatic hydroxyl groups is 3. The molecule has 504 valence electrons. The number of aryl methyl sites for hydroxylation is 3. The smallest absolute Gasteiger partial charge is 0.302 e. The number of hydrogen-bond donors (Lipinski definition) is 4. The van der Waals surface area contributed by atoms with Crippen LogP contribution in [0, 0.1) is 0 Å². The molecular formula is C75H83N16O7+.